The van der Waals surface area contributed by atoms with Crippen LogP contribution in [0.25, 0.3) is 22.9 Å². The van der Waals surface area contributed by atoms with Crippen molar-refractivity contribution in [2.24, 2.45) is 11.8 Å². The summed E-state index contributed by atoms with van der Waals surface area (Å²) in [7, 11) is 0. The number of halogens is 7. The van der Waals surface area contributed by atoms with Gasteiger partial charge in [0.2, 0.25) is 23.6 Å². The van der Waals surface area contributed by atoms with Crippen LogP contribution in [0.3, 0.4) is 0 Å². The summed E-state index contributed by atoms with van der Waals surface area (Å²) in [6.45, 7) is 6.30. The van der Waals surface area contributed by atoms with E-state index >= 15 is 4.39 Å². The molecule has 0 unspecified atom stereocenters. The first-order chi connectivity index (χ1) is 38.3. The Balaban J connectivity index is 0.000000179. The van der Waals surface area contributed by atoms with Gasteiger partial charge >= 0.3 is 24.9 Å². The molecule has 10 rings (SSSR count). The monoisotopic (exact) mass is 1160 g/mol. The van der Waals surface area contributed by atoms with Crippen LogP contribution in [0.1, 0.15) is 80.7 Å². The minimum Gasteiger partial charge on any atom is -0.415 e. The van der Waals surface area contributed by atoms with Gasteiger partial charge in [0.1, 0.15) is 11.6 Å². The maximum atomic E-state index is 15.0. The molecule has 79 heavy (non-hydrogen) atoms. The second-order valence-corrected chi connectivity index (χ2v) is 20.0. The third-order valence-corrected chi connectivity index (χ3v) is 13.8. The number of nitrogens with zero attached hydrogens (tertiary/aromatic N) is 9. The number of piperidine rings is 1. The third kappa shape index (κ3) is 16.4. The van der Waals surface area contributed by atoms with E-state index in [1.165, 1.54) is 53.3 Å². The van der Waals surface area contributed by atoms with Gasteiger partial charge in [-0.15, -0.1) is 20.4 Å². The van der Waals surface area contributed by atoms with Crippen molar-refractivity contribution in [3.8, 4) is 22.9 Å². The third-order valence-electron chi connectivity index (χ3n) is 13.4. The van der Waals surface area contributed by atoms with Crippen molar-refractivity contribution < 1.29 is 54.4 Å². The molecule has 4 aliphatic rings. The lowest BCUT2D eigenvalue weighted by molar-refractivity contribution is -0.134. The van der Waals surface area contributed by atoms with Crippen LogP contribution in [-0.2, 0) is 22.7 Å². The zero-order valence-corrected chi connectivity index (χ0v) is 44.7. The highest BCUT2D eigenvalue weighted by atomic mass is 79.9. The molecule has 6 aromatic rings. The van der Waals surface area contributed by atoms with E-state index in [4.69, 9.17) is 8.83 Å². The van der Waals surface area contributed by atoms with Gasteiger partial charge in [0.25, 0.3) is 11.8 Å². The van der Waals surface area contributed by atoms with E-state index in [2.05, 4.69) is 56.8 Å². The summed E-state index contributed by atoms with van der Waals surface area (Å²) in [5.74, 6) is -2.03. The number of amides is 6. The number of hydrogen-bond acceptors (Lipinski definition) is 11. The molecule has 2 saturated heterocycles. The average Bonchev–Trinajstić information content (AvgIpc) is 4.41. The normalized spacial score (nSPS) is 15.4. The van der Waals surface area contributed by atoms with Gasteiger partial charge in [0.15, 0.2) is 0 Å². The number of rotatable bonds is 17. The Hall–Kier alpha value is -7.34. The number of benzene rings is 4. The lowest BCUT2D eigenvalue weighted by atomic mass is 10.1. The minimum absolute atomic E-state index is 0.0314. The molecule has 420 valence electrons. The van der Waals surface area contributed by atoms with Gasteiger partial charge < -0.3 is 29.3 Å². The lowest BCUT2D eigenvalue weighted by Gasteiger charge is -2.35. The summed E-state index contributed by atoms with van der Waals surface area (Å²) in [4.78, 5) is 58.5. The second kappa shape index (κ2) is 28.0. The van der Waals surface area contributed by atoms with E-state index in [1.807, 2.05) is 17.0 Å². The van der Waals surface area contributed by atoms with Gasteiger partial charge in [-0.3, -0.25) is 24.3 Å². The number of likely N-dealkylation sites (tertiary alicyclic amines) is 1. The van der Waals surface area contributed by atoms with Crippen LogP contribution in [0.5, 0.6) is 0 Å². The van der Waals surface area contributed by atoms with Crippen LogP contribution < -0.4 is 20.4 Å². The number of aromatic nitrogens is 4. The molecule has 4 heterocycles. The van der Waals surface area contributed by atoms with Crippen LogP contribution >= 0.6 is 15.9 Å². The number of nitrogens with one attached hydrogen (secondary N) is 2. The maximum Gasteiger partial charge on any atom is 0.322 e. The van der Waals surface area contributed by atoms with Crippen LogP contribution in [0.4, 0.5) is 47.3 Å². The van der Waals surface area contributed by atoms with Crippen LogP contribution in [-0.4, -0.2) is 123 Å². The highest BCUT2D eigenvalue weighted by Gasteiger charge is 2.35. The number of piperazine rings is 1. The van der Waals surface area contributed by atoms with Crippen molar-refractivity contribution in [3.05, 3.63) is 132 Å². The zero-order chi connectivity index (χ0) is 55.8. The standard InChI is InChI=1S/C27H29F3N6O3.C19H16BrF3N4O2.C9H15NO/c28-22-16-19(24-32-33-25(39-24)23(29)30)8-9-20(22)17-36(21-4-2-1-3-5-21)27(38)31-10-11-34-12-14-35(15-13-34)26(37)18-6-7-18;20-8-9-24-19(28)27(14-4-2-1-3-5-14)11-13-7-6-12(10-15(13)21)17-25-26-18(29-17)16(22)23;11-9(8-4-5-8)10-6-2-1-3-7-10/h1-5,8-9,16,18,23H,6-7,10-15,17H2,(H,31,38);1-7,10,16H,8-9,11H2,(H,24,28);8H,1-7H2. The van der Waals surface area contributed by atoms with Gasteiger partial charge in [0.05, 0.1) is 13.1 Å². The molecule has 24 heteroatoms. The van der Waals surface area contributed by atoms with Gasteiger partial charge in [-0.25, -0.2) is 18.4 Å². The zero-order valence-electron chi connectivity index (χ0n) is 43.1. The molecule has 2 saturated carbocycles. The molecule has 2 aromatic heterocycles. The van der Waals surface area contributed by atoms with E-state index in [0.29, 0.717) is 61.3 Å². The predicted octanol–water partition coefficient (Wildman–Crippen LogP) is 10.4. The Bertz CT molecular complexity index is 2960. The lowest BCUT2D eigenvalue weighted by Crippen LogP contribution is -2.51. The molecule has 2 N–H and O–H groups in total. The Kier molecular flexibility index (Phi) is 20.5. The van der Waals surface area contributed by atoms with Crippen molar-refractivity contribution in [2.45, 2.75) is 70.9 Å². The van der Waals surface area contributed by atoms with Crippen molar-refractivity contribution in [2.75, 3.05) is 74.0 Å². The molecule has 6 amide bonds. The van der Waals surface area contributed by atoms with Gasteiger partial charge in [0, 0.05) is 110 Å². The quantitative estimate of drug-likeness (QED) is 0.0654. The topological polar surface area (TPSA) is 186 Å². The number of urea groups is 2. The molecule has 2 aliphatic carbocycles. The summed E-state index contributed by atoms with van der Waals surface area (Å²) in [6, 6.07) is 25.1. The fraction of sp³-hybridized carbons (Fsp3) is 0.418. The number of carbonyl (C=O) groups is 4. The highest BCUT2D eigenvalue weighted by molar-refractivity contribution is 9.09. The van der Waals surface area contributed by atoms with E-state index in [-0.39, 0.29) is 71.0 Å². The molecule has 17 nitrogen and oxygen atoms in total. The maximum absolute atomic E-state index is 15.0. The number of carbonyl (C=O) groups excluding carboxylic acids is 4. The molecular weight excluding hydrogens is 1100 g/mol. The number of hydrogen-bond donors (Lipinski definition) is 2. The summed E-state index contributed by atoms with van der Waals surface area (Å²) in [5.41, 5.74) is 1.97. The Morgan fingerprint density at radius 2 is 1.00 bits per heavy atom. The van der Waals surface area contributed by atoms with Crippen molar-refractivity contribution >= 4 is 51.2 Å². The van der Waals surface area contributed by atoms with Crippen LogP contribution in [0.2, 0.25) is 0 Å². The van der Waals surface area contributed by atoms with E-state index in [9.17, 15) is 41.1 Å². The first-order valence-corrected chi connectivity index (χ1v) is 27.3. The van der Waals surface area contributed by atoms with Crippen molar-refractivity contribution in [1.29, 1.82) is 0 Å². The Labute approximate surface area is 460 Å². The fourth-order valence-electron chi connectivity index (χ4n) is 8.76. The first kappa shape index (κ1) is 57.8. The minimum atomic E-state index is -2.92. The van der Waals surface area contributed by atoms with E-state index in [0.717, 1.165) is 64.0 Å². The Morgan fingerprint density at radius 1 is 0.570 bits per heavy atom. The van der Waals surface area contributed by atoms with Gasteiger partial charge in [-0.05, 0) is 93.5 Å². The van der Waals surface area contributed by atoms with Gasteiger partial charge in [-0.1, -0.05) is 64.5 Å². The smallest absolute Gasteiger partial charge is 0.322 e. The van der Waals surface area contributed by atoms with E-state index in [1.54, 1.807) is 48.5 Å². The van der Waals surface area contributed by atoms with Crippen LogP contribution in [0.15, 0.2) is 106 Å². The number of anilines is 2. The van der Waals surface area contributed by atoms with Crippen molar-refractivity contribution in [1.82, 2.24) is 45.7 Å². The highest BCUT2D eigenvalue weighted by Crippen LogP contribution is 2.33. The second-order valence-electron chi connectivity index (χ2n) is 19.2. The fourth-order valence-corrected chi connectivity index (χ4v) is 8.96. The summed E-state index contributed by atoms with van der Waals surface area (Å²) >= 11 is 3.24. The van der Waals surface area contributed by atoms with E-state index < -0.39 is 36.3 Å². The molecule has 2 aliphatic heterocycles. The summed E-state index contributed by atoms with van der Waals surface area (Å²) in [6.07, 6.45) is 2.22. The number of alkyl halides is 5. The Morgan fingerprint density at radius 3 is 1.39 bits per heavy atom. The van der Waals surface area contributed by atoms with Crippen molar-refractivity contribution in [3.63, 3.8) is 0 Å². The largest absolute Gasteiger partial charge is 0.415 e. The summed E-state index contributed by atoms with van der Waals surface area (Å²) < 4.78 is 90.2. The first-order valence-electron chi connectivity index (χ1n) is 26.1. The molecule has 4 fully saturated rings. The molecule has 0 atom stereocenters. The average molecular weight is 1170 g/mol. The SMILES string of the molecule is O=C(C1CC1)N1CCCCC1.O=C(C1CC1)N1CCN(CCNC(=O)N(Cc2ccc(-c3nnc(C(F)F)o3)cc2F)c2ccccc2)CC1.O=C(NCCBr)N(Cc1ccc(-c2nnc(C(F)F)o2)cc1F)c1ccccc1. The molecule has 4 aromatic carbocycles. The summed E-state index contributed by atoms with van der Waals surface area (Å²) in [5, 5.41) is 19.8. The molecular formula is C55H60BrF6N11O6. The van der Waals surface area contributed by atoms with Crippen LogP contribution in [0, 0.1) is 23.5 Å². The number of para-hydroxylation sites is 2. The predicted molar refractivity (Wildman–Crippen MR) is 284 cm³/mol. The molecule has 0 spiro atoms. The molecule has 0 bridgehead atoms. The van der Waals surface area contributed by atoms with Gasteiger partial charge in [-0.2, -0.15) is 17.6 Å². The molecule has 0 radical (unpaired) electrons.